The van der Waals surface area contributed by atoms with Crippen molar-refractivity contribution in [2.45, 2.75) is 58.4 Å². The smallest absolute Gasteiger partial charge is 0.405 e. The lowest BCUT2D eigenvalue weighted by Crippen LogP contribution is -2.29. The molecule has 37 heavy (non-hydrogen) atoms. The van der Waals surface area contributed by atoms with Crippen LogP contribution >= 0.6 is 0 Å². The number of carbonyl (C=O) groups is 2. The van der Waals surface area contributed by atoms with Crippen molar-refractivity contribution in [2.75, 3.05) is 5.32 Å². The average Bonchev–Trinajstić information content (AvgIpc) is 3.53. The van der Waals surface area contributed by atoms with Gasteiger partial charge in [0.25, 0.3) is 11.7 Å². The highest BCUT2D eigenvalue weighted by atomic mass is 19.4. The summed E-state index contributed by atoms with van der Waals surface area (Å²) < 4.78 is 49.2. The monoisotopic (exact) mass is 517 g/mol. The van der Waals surface area contributed by atoms with Crippen molar-refractivity contribution in [1.82, 2.24) is 20.4 Å². The second-order valence-corrected chi connectivity index (χ2v) is 9.86. The maximum absolute atomic E-state index is 13.3. The Morgan fingerprint density at radius 2 is 1.81 bits per heavy atom. The SMILES string of the molecule is C[C@H](NC(=O)c1noc(C(C)(C)C)n1)c1ccc(-c2ccnc(NC(=O)C3CC3)c2)cc1OC(F)(F)F. The van der Waals surface area contributed by atoms with Crippen molar-refractivity contribution in [3.63, 3.8) is 0 Å². The van der Waals surface area contributed by atoms with Gasteiger partial charge in [0.05, 0.1) is 6.04 Å². The summed E-state index contributed by atoms with van der Waals surface area (Å²) in [5, 5.41) is 8.96. The van der Waals surface area contributed by atoms with Gasteiger partial charge < -0.3 is 19.9 Å². The number of rotatable bonds is 7. The number of anilines is 1. The van der Waals surface area contributed by atoms with Crippen LogP contribution in [0.25, 0.3) is 11.1 Å². The van der Waals surface area contributed by atoms with Gasteiger partial charge in [-0.05, 0) is 49.1 Å². The molecule has 3 aromatic rings. The molecule has 1 aliphatic carbocycles. The molecular weight excluding hydrogens is 491 g/mol. The topological polar surface area (TPSA) is 119 Å². The molecule has 196 valence electrons. The van der Waals surface area contributed by atoms with Crippen LogP contribution in [0.2, 0.25) is 0 Å². The van der Waals surface area contributed by atoms with E-state index in [0.29, 0.717) is 16.9 Å². The number of nitrogens with zero attached hydrogens (tertiary/aromatic N) is 3. The molecule has 4 rings (SSSR count). The summed E-state index contributed by atoms with van der Waals surface area (Å²) in [6.07, 6.45) is -1.86. The van der Waals surface area contributed by atoms with Gasteiger partial charge in [-0.2, -0.15) is 4.98 Å². The third-order valence-electron chi connectivity index (χ3n) is 5.62. The molecule has 2 N–H and O–H groups in total. The highest BCUT2D eigenvalue weighted by molar-refractivity contribution is 5.93. The van der Waals surface area contributed by atoms with Gasteiger partial charge in [0.2, 0.25) is 11.8 Å². The molecule has 0 unspecified atom stereocenters. The molecule has 0 radical (unpaired) electrons. The Bertz CT molecular complexity index is 1310. The van der Waals surface area contributed by atoms with Crippen LogP contribution in [-0.4, -0.2) is 33.3 Å². The lowest BCUT2D eigenvalue weighted by Gasteiger charge is -2.20. The van der Waals surface area contributed by atoms with Gasteiger partial charge in [-0.3, -0.25) is 9.59 Å². The lowest BCUT2D eigenvalue weighted by molar-refractivity contribution is -0.274. The highest BCUT2D eigenvalue weighted by Crippen LogP contribution is 2.35. The molecule has 0 aliphatic heterocycles. The minimum absolute atomic E-state index is 0.0271. The van der Waals surface area contributed by atoms with Crippen molar-refractivity contribution in [1.29, 1.82) is 0 Å². The first-order valence-corrected chi connectivity index (χ1v) is 11.6. The average molecular weight is 518 g/mol. The number of pyridine rings is 1. The summed E-state index contributed by atoms with van der Waals surface area (Å²) in [7, 11) is 0. The van der Waals surface area contributed by atoms with Gasteiger partial charge in [-0.1, -0.05) is 38.1 Å². The summed E-state index contributed by atoms with van der Waals surface area (Å²) in [6, 6.07) is 6.53. The van der Waals surface area contributed by atoms with Crippen LogP contribution < -0.4 is 15.4 Å². The van der Waals surface area contributed by atoms with Crippen molar-refractivity contribution in [3.05, 3.63) is 53.8 Å². The van der Waals surface area contributed by atoms with Crippen LogP contribution in [0, 0.1) is 5.92 Å². The molecule has 2 amide bonds. The Balaban J connectivity index is 1.58. The second-order valence-electron chi connectivity index (χ2n) is 9.86. The molecule has 1 fully saturated rings. The van der Waals surface area contributed by atoms with Crippen LogP contribution in [-0.2, 0) is 10.2 Å². The summed E-state index contributed by atoms with van der Waals surface area (Å²) in [6.45, 7) is 7.01. The predicted molar refractivity (Wildman–Crippen MR) is 127 cm³/mol. The number of benzene rings is 1. The zero-order valence-corrected chi connectivity index (χ0v) is 20.6. The molecule has 9 nitrogen and oxygen atoms in total. The van der Waals surface area contributed by atoms with Gasteiger partial charge in [-0.25, -0.2) is 4.98 Å². The Kier molecular flexibility index (Phi) is 6.94. The fraction of sp³-hybridized carbons (Fsp3) is 0.400. The number of halogens is 3. The fourth-order valence-electron chi connectivity index (χ4n) is 3.50. The highest BCUT2D eigenvalue weighted by Gasteiger charge is 2.34. The molecule has 2 aromatic heterocycles. The molecule has 12 heteroatoms. The van der Waals surface area contributed by atoms with Gasteiger partial charge in [0.15, 0.2) is 0 Å². The number of alkyl halides is 3. The minimum Gasteiger partial charge on any atom is -0.405 e. The van der Waals surface area contributed by atoms with Crippen molar-refractivity contribution >= 4 is 17.6 Å². The molecule has 1 atom stereocenters. The van der Waals surface area contributed by atoms with Gasteiger partial charge in [-0.15, -0.1) is 13.2 Å². The number of ether oxygens (including phenoxy) is 1. The Morgan fingerprint density at radius 1 is 1.11 bits per heavy atom. The number of nitrogens with one attached hydrogen (secondary N) is 2. The number of amides is 2. The van der Waals surface area contributed by atoms with Crippen LogP contribution in [0.5, 0.6) is 5.75 Å². The van der Waals surface area contributed by atoms with Crippen LogP contribution in [0.4, 0.5) is 19.0 Å². The quantitative estimate of drug-likeness (QED) is 0.444. The van der Waals surface area contributed by atoms with Crippen molar-refractivity contribution in [2.24, 2.45) is 5.92 Å². The van der Waals surface area contributed by atoms with E-state index in [0.717, 1.165) is 12.8 Å². The molecule has 1 aliphatic rings. The molecule has 0 saturated heterocycles. The van der Waals surface area contributed by atoms with E-state index in [4.69, 9.17) is 4.52 Å². The summed E-state index contributed by atoms with van der Waals surface area (Å²) >= 11 is 0. The maximum atomic E-state index is 13.3. The van der Waals surface area contributed by atoms with E-state index in [2.05, 4.69) is 30.5 Å². The Labute approximate surface area is 210 Å². The molecule has 0 bridgehead atoms. The van der Waals surface area contributed by atoms with E-state index in [1.807, 2.05) is 20.8 Å². The Hall–Kier alpha value is -3.96. The standard InChI is InChI=1S/C25H26F3N5O4/c1-13(30-22(35)20-32-23(37-33-20)24(2,3)4)17-8-7-15(11-18(17)36-25(26,27)28)16-9-10-29-19(12-16)31-21(34)14-5-6-14/h7-14H,5-6H2,1-4H3,(H,30,35)(H,29,31,34)/t13-/m0/s1. The van der Waals surface area contributed by atoms with E-state index < -0.39 is 29.5 Å². The van der Waals surface area contributed by atoms with E-state index in [9.17, 15) is 22.8 Å². The zero-order chi connectivity index (χ0) is 27.0. The molecule has 2 heterocycles. The summed E-state index contributed by atoms with van der Waals surface area (Å²) in [4.78, 5) is 32.9. The number of carbonyl (C=O) groups excluding carboxylic acids is 2. The summed E-state index contributed by atoms with van der Waals surface area (Å²) in [5.74, 6) is -1.04. The van der Waals surface area contributed by atoms with Gasteiger partial charge in [0, 0.05) is 23.1 Å². The largest absolute Gasteiger partial charge is 0.573 e. The first-order chi connectivity index (χ1) is 17.3. The lowest BCUT2D eigenvalue weighted by atomic mass is 9.97. The first kappa shape index (κ1) is 26.1. The van der Waals surface area contributed by atoms with E-state index in [1.54, 1.807) is 18.2 Å². The predicted octanol–water partition coefficient (Wildman–Crippen LogP) is 5.17. The minimum atomic E-state index is -4.96. The number of aromatic nitrogens is 3. The van der Waals surface area contributed by atoms with Crippen molar-refractivity contribution in [3.8, 4) is 16.9 Å². The molecule has 1 saturated carbocycles. The van der Waals surface area contributed by atoms with E-state index in [-0.39, 0.29) is 29.1 Å². The zero-order valence-electron chi connectivity index (χ0n) is 20.6. The molecule has 1 aromatic carbocycles. The van der Waals surface area contributed by atoms with E-state index >= 15 is 0 Å². The van der Waals surface area contributed by atoms with E-state index in [1.165, 1.54) is 25.3 Å². The summed E-state index contributed by atoms with van der Waals surface area (Å²) in [5.41, 5.74) is 0.538. The van der Waals surface area contributed by atoms with Crippen LogP contribution in [0.15, 0.2) is 41.1 Å². The third-order valence-corrected chi connectivity index (χ3v) is 5.62. The maximum Gasteiger partial charge on any atom is 0.573 e. The Morgan fingerprint density at radius 3 is 2.43 bits per heavy atom. The fourth-order valence-corrected chi connectivity index (χ4v) is 3.50. The normalized spacial score (nSPS) is 14.7. The van der Waals surface area contributed by atoms with Crippen LogP contribution in [0.1, 0.15) is 68.7 Å². The van der Waals surface area contributed by atoms with Gasteiger partial charge >= 0.3 is 6.36 Å². The number of hydrogen-bond donors (Lipinski definition) is 2. The van der Waals surface area contributed by atoms with Crippen LogP contribution in [0.3, 0.4) is 0 Å². The third kappa shape index (κ3) is 6.63. The molecule has 0 spiro atoms. The second kappa shape index (κ2) is 9.83. The first-order valence-electron chi connectivity index (χ1n) is 11.6. The molecular formula is C25H26F3N5O4. The number of hydrogen-bond acceptors (Lipinski definition) is 7. The van der Waals surface area contributed by atoms with Crippen molar-refractivity contribution < 1.29 is 32.0 Å². The van der Waals surface area contributed by atoms with Gasteiger partial charge in [0.1, 0.15) is 11.6 Å².